The molecule has 2 aromatic carbocycles. The number of carbonyl (C=O) groups excluding carboxylic acids is 2. The van der Waals surface area contributed by atoms with Crippen LogP contribution in [0.15, 0.2) is 54.7 Å². The first kappa shape index (κ1) is 21.0. The van der Waals surface area contributed by atoms with E-state index in [1.165, 1.54) is 30.5 Å². The Morgan fingerprint density at radius 3 is 2.67 bits per heavy atom. The van der Waals surface area contributed by atoms with Crippen molar-refractivity contribution in [1.29, 1.82) is 0 Å². The number of ketones is 1. The molecule has 3 heterocycles. The van der Waals surface area contributed by atoms with E-state index in [0.717, 1.165) is 17.1 Å². The average molecular weight is 452 g/mol. The molecule has 2 aromatic heterocycles. The van der Waals surface area contributed by atoms with Crippen LogP contribution in [-0.2, 0) is 11.0 Å². The molecular weight excluding hydrogens is 433 g/mol. The molecule has 5 rings (SSSR count). The molecule has 4 aromatic rings. The van der Waals surface area contributed by atoms with Crippen molar-refractivity contribution in [3.63, 3.8) is 0 Å². The number of hydrogen-bond acceptors (Lipinski definition) is 3. The number of hydrogen-bond donors (Lipinski definition) is 2. The van der Waals surface area contributed by atoms with Crippen LogP contribution in [0.1, 0.15) is 39.4 Å². The highest BCUT2D eigenvalue weighted by Crippen LogP contribution is 2.34. The number of halogens is 3. The van der Waals surface area contributed by atoms with Crippen molar-refractivity contribution in [2.45, 2.75) is 18.5 Å². The lowest BCUT2D eigenvalue weighted by Gasteiger charge is -2.10. The fourth-order valence-electron chi connectivity index (χ4n) is 4.24. The summed E-state index contributed by atoms with van der Waals surface area (Å²) in [4.78, 5) is 37.0. The van der Waals surface area contributed by atoms with Gasteiger partial charge in [-0.15, -0.1) is 0 Å². The number of H-pyrrole nitrogens is 2. The SMILES string of the molecule is CN1C[C@@H](c2ccc3nc(-c4cc(C(=O)c5ccccc5C(F)(F)F)c[nH]4)[nH]c3c2)CC1=O. The Kier molecular flexibility index (Phi) is 4.84. The third-order valence-electron chi connectivity index (χ3n) is 6.00. The van der Waals surface area contributed by atoms with Crippen LogP contribution < -0.4 is 0 Å². The number of rotatable bonds is 4. The minimum atomic E-state index is -4.62. The molecule has 0 aliphatic carbocycles. The van der Waals surface area contributed by atoms with E-state index in [1.807, 2.05) is 18.2 Å². The van der Waals surface area contributed by atoms with Crippen molar-refractivity contribution >= 4 is 22.7 Å². The van der Waals surface area contributed by atoms with Gasteiger partial charge in [0.2, 0.25) is 5.91 Å². The van der Waals surface area contributed by atoms with Gasteiger partial charge in [-0.2, -0.15) is 13.2 Å². The number of benzene rings is 2. The van der Waals surface area contributed by atoms with Crippen molar-refractivity contribution in [3.8, 4) is 11.5 Å². The maximum absolute atomic E-state index is 13.3. The van der Waals surface area contributed by atoms with E-state index in [-0.39, 0.29) is 17.4 Å². The molecule has 1 aliphatic heterocycles. The third-order valence-corrected chi connectivity index (χ3v) is 6.00. The van der Waals surface area contributed by atoms with Crippen molar-refractivity contribution in [2.75, 3.05) is 13.6 Å². The second kappa shape index (κ2) is 7.61. The van der Waals surface area contributed by atoms with Gasteiger partial charge >= 0.3 is 6.18 Å². The largest absolute Gasteiger partial charge is 0.417 e. The van der Waals surface area contributed by atoms with Crippen LogP contribution in [0.25, 0.3) is 22.6 Å². The maximum Gasteiger partial charge on any atom is 0.417 e. The number of likely N-dealkylation sites (tertiary alicyclic amines) is 1. The van der Waals surface area contributed by atoms with Crippen LogP contribution in [0.5, 0.6) is 0 Å². The number of carbonyl (C=O) groups is 2. The number of nitrogens with one attached hydrogen (secondary N) is 2. The lowest BCUT2D eigenvalue weighted by Crippen LogP contribution is -2.18. The lowest BCUT2D eigenvalue weighted by molar-refractivity contribution is -0.137. The van der Waals surface area contributed by atoms with Crippen LogP contribution >= 0.6 is 0 Å². The molecule has 0 spiro atoms. The van der Waals surface area contributed by atoms with Crippen LogP contribution in [0.4, 0.5) is 13.2 Å². The molecule has 0 radical (unpaired) electrons. The first-order valence-corrected chi connectivity index (χ1v) is 10.3. The smallest absolute Gasteiger partial charge is 0.358 e. The number of aromatic nitrogens is 3. The zero-order chi connectivity index (χ0) is 23.3. The molecule has 0 bridgehead atoms. The fourth-order valence-corrected chi connectivity index (χ4v) is 4.24. The van der Waals surface area contributed by atoms with E-state index in [0.29, 0.717) is 30.0 Å². The van der Waals surface area contributed by atoms with Crippen LogP contribution in [-0.4, -0.2) is 45.1 Å². The Hall–Kier alpha value is -3.88. The molecule has 1 amide bonds. The summed E-state index contributed by atoms with van der Waals surface area (Å²) in [5, 5.41) is 0. The number of fused-ring (bicyclic) bond motifs is 1. The van der Waals surface area contributed by atoms with Crippen LogP contribution in [0, 0.1) is 0 Å². The summed E-state index contributed by atoms with van der Waals surface area (Å²) >= 11 is 0. The summed E-state index contributed by atoms with van der Waals surface area (Å²) in [5.74, 6) is -0.0353. The Balaban J connectivity index is 1.44. The molecule has 9 heteroatoms. The molecule has 168 valence electrons. The number of amides is 1. The zero-order valence-electron chi connectivity index (χ0n) is 17.5. The van der Waals surface area contributed by atoms with Crippen molar-refractivity contribution in [3.05, 3.63) is 77.0 Å². The monoisotopic (exact) mass is 452 g/mol. The van der Waals surface area contributed by atoms with E-state index in [2.05, 4.69) is 15.0 Å². The van der Waals surface area contributed by atoms with Gasteiger partial charge in [-0.3, -0.25) is 9.59 Å². The quantitative estimate of drug-likeness (QED) is 0.439. The van der Waals surface area contributed by atoms with E-state index in [4.69, 9.17) is 0 Å². The molecule has 2 N–H and O–H groups in total. The van der Waals surface area contributed by atoms with Gasteiger partial charge in [0.25, 0.3) is 0 Å². The summed E-state index contributed by atoms with van der Waals surface area (Å²) in [6.45, 7) is 0.660. The van der Waals surface area contributed by atoms with Crippen molar-refractivity contribution in [1.82, 2.24) is 19.9 Å². The first-order chi connectivity index (χ1) is 15.7. The summed E-state index contributed by atoms with van der Waals surface area (Å²) in [6, 6.07) is 12.0. The van der Waals surface area contributed by atoms with Crippen LogP contribution in [0.3, 0.4) is 0 Å². The first-order valence-electron chi connectivity index (χ1n) is 10.3. The minimum Gasteiger partial charge on any atom is -0.358 e. The molecule has 1 atom stereocenters. The Morgan fingerprint density at radius 2 is 1.94 bits per heavy atom. The highest BCUT2D eigenvalue weighted by molar-refractivity contribution is 6.10. The second-order valence-electron chi connectivity index (χ2n) is 8.21. The van der Waals surface area contributed by atoms with Gasteiger partial charge in [0.1, 0.15) is 0 Å². The Bertz CT molecular complexity index is 1390. The number of imidazole rings is 1. The second-order valence-corrected chi connectivity index (χ2v) is 8.21. The molecule has 33 heavy (non-hydrogen) atoms. The summed E-state index contributed by atoms with van der Waals surface area (Å²) < 4.78 is 39.9. The van der Waals surface area contributed by atoms with Crippen LogP contribution in [0.2, 0.25) is 0 Å². The fraction of sp³-hybridized carbons (Fsp3) is 0.208. The van der Waals surface area contributed by atoms with Crippen molar-refractivity contribution < 1.29 is 22.8 Å². The average Bonchev–Trinajstić information content (AvgIpc) is 3.50. The van der Waals surface area contributed by atoms with Gasteiger partial charge < -0.3 is 14.9 Å². The molecule has 1 aliphatic rings. The summed E-state index contributed by atoms with van der Waals surface area (Å²) in [5.41, 5.74) is 1.73. The molecule has 1 fully saturated rings. The van der Waals surface area contributed by atoms with Gasteiger partial charge in [-0.25, -0.2) is 4.98 Å². The van der Waals surface area contributed by atoms with E-state index in [1.54, 1.807) is 11.9 Å². The zero-order valence-corrected chi connectivity index (χ0v) is 17.5. The maximum atomic E-state index is 13.3. The summed E-state index contributed by atoms with van der Waals surface area (Å²) in [6.07, 6.45) is -2.78. The molecule has 6 nitrogen and oxygen atoms in total. The number of alkyl halides is 3. The Labute approximate surface area is 186 Å². The highest BCUT2D eigenvalue weighted by atomic mass is 19.4. The van der Waals surface area contributed by atoms with E-state index in [9.17, 15) is 22.8 Å². The van der Waals surface area contributed by atoms with Crippen molar-refractivity contribution in [2.24, 2.45) is 0 Å². The normalized spacial score (nSPS) is 16.7. The number of aromatic amines is 2. The highest BCUT2D eigenvalue weighted by Gasteiger charge is 2.35. The third kappa shape index (κ3) is 3.79. The predicted molar refractivity (Wildman–Crippen MR) is 116 cm³/mol. The van der Waals surface area contributed by atoms with Gasteiger partial charge in [0, 0.05) is 43.3 Å². The minimum absolute atomic E-state index is 0.107. The molecule has 1 saturated heterocycles. The molecule has 0 saturated carbocycles. The van der Waals surface area contributed by atoms with Gasteiger partial charge in [0.15, 0.2) is 11.6 Å². The number of nitrogens with zero attached hydrogens (tertiary/aromatic N) is 2. The molecule has 0 unspecified atom stereocenters. The Morgan fingerprint density at radius 1 is 1.15 bits per heavy atom. The van der Waals surface area contributed by atoms with Gasteiger partial charge in [-0.1, -0.05) is 24.3 Å². The predicted octanol–water partition coefficient (Wildman–Crippen LogP) is 4.75. The lowest BCUT2D eigenvalue weighted by atomic mass is 9.98. The topological polar surface area (TPSA) is 81.8 Å². The van der Waals surface area contributed by atoms with E-state index >= 15 is 0 Å². The van der Waals surface area contributed by atoms with Gasteiger partial charge in [-0.05, 0) is 29.8 Å². The standard InChI is InChI=1S/C24H19F3N4O2/c1-31-12-15(10-21(31)32)13-6-7-18-19(8-13)30-23(29-18)20-9-14(11-28-20)22(33)16-4-2-3-5-17(16)24(25,26)27/h2-9,11,15,28H,10,12H2,1H3,(H,29,30)/t15-/m0/s1. The molecular formula is C24H19F3N4O2. The summed E-state index contributed by atoms with van der Waals surface area (Å²) in [7, 11) is 1.78. The van der Waals surface area contributed by atoms with Gasteiger partial charge in [0.05, 0.1) is 22.3 Å². The van der Waals surface area contributed by atoms with E-state index < -0.39 is 23.1 Å². The number of likely N-dealkylation sites (N-methyl/N-ethyl adjacent to an activating group) is 1.